The van der Waals surface area contributed by atoms with Crippen LogP contribution in [0.4, 0.5) is 0 Å². The van der Waals surface area contributed by atoms with Crippen molar-refractivity contribution in [3.8, 4) is 0 Å². The van der Waals surface area contributed by atoms with E-state index in [1.807, 2.05) is 0 Å². The van der Waals surface area contributed by atoms with Crippen LogP contribution in [-0.2, 0) is 28.6 Å². The van der Waals surface area contributed by atoms with Crippen LogP contribution < -0.4 is 0 Å². The highest BCUT2D eigenvalue weighted by atomic mass is 16.6. The van der Waals surface area contributed by atoms with Gasteiger partial charge in [0.15, 0.2) is 6.10 Å². The van der Waals surface area contributed by atoms with Gasteiger partial charge in [0.2, 0.25) is 0 Å². The minimum Gasteiger partial charge on any atom is -0.462 e. The number of carbonyl (C=O) groups excluding carboxylic acids is 3. The van der Waals surface area contributed by atoms with Crippen molar-refractivity contribution in [2.45, 2.75) is 290 Å². The van der Waals surface area contributed by atoms with Crippen molar-refractivity contribution in [1.29, 1.82) is 0 Å². The molecule has 0 aliphatic carbocycles. The van der Waals surface area contributed by atoms with Gasteiger partial charge in [-0.2, -0.15) is 0 Å². The number of hydrogen-bond acceptors (Lipinski definition) is 6. The molecule has 0 saturated carbocycles. The van der Waals surface area contributed by atoms with Gasteiger partial charge in [-0.15, -0.1) is 0 Å². The van der Waals surface area contributed by atoms with Gasteiger partial charge >= 0.3 is 17.9 Å². The van der Waals surface area contributed by atoms with E-state index in [1.54, 1.807) is 0 Å². The molecule has 0 bridgehead atoms. The second-order valence-corrected chi connectivity index (χ2v) is 19.6. The van der Waals surface area contributed by atoms with E-state index in [2.05, 4.69) is 106 Å². The fourth-order valence-electron chi connectivity index (χ4n) is 8.14. The Morgan fingerprint density at radius 1 is 0.286 bits per heavy atom. The molecule has 0 heterocycles. The third-order valence-electron chi connectivity index (χ3n) is 12.6. The predicted molar refractivity (Wildman–Crippen MR) is 302 cm³/mol. The molecule has 0 aromatic heterocycles. The van der Waals surface area contributed by atoms with E-state index in [0.717, 1.165) is 96.3 Å². The minimum atomic E-state index is -0.805. The van der Waals surface area contributed by atoms with Crippen LogP contribution >= 0.6 is 0 Å². The SMILES string of the molecule is CCCCC/C=C\C/C=C\C/C=C\C/C=C\CCCCCC(=O)OC[C@@H](COC(=O)CCCC/C=C\C/C=C\C/C=C\CCCCC)OC(=O)CCCCCCCCCCCCCCCCCCCC. The highest BCUT2D eigenvalue weighted by Gasteiger charge is 2.19. The molecule has 6 heteroatoms. The summed E-state index contributed by atoms with van der Waals surface area (Å²) in [5, 5.41) is 0. The third-order valence-corrected chi connectivity index (χ3v) is 12.6. The van der Waals surface area contributed by atoms with Crippen molar-refractivity contribution < 1.29 is 28.6 Å². The molecule has 0 amide bonds. The Kier molecular flexibility index (Phi) is 55.3. The molecule has 6 nitrogen and oxygen atoms in total. The molecule has 0 aliphatic heterocycles. The molecule has 0 N–H and O–H groups in total. The summed E-state index contributed by atoms with van der Waals surface area (Å²) in [6, 6.07) is 0. The van der Waals surface area contributed by atoms with Crippen molar-refractivity contribution in [1.82, 2.24) is 0 Å². The molecule has 0 unspecified atom stereocenters. The molecule has 0 aromatic rings. The molecule has 0 radical (unpaired) electrons. The van der Waals surface area contributed by atoms with Gasteiger partial charge in [-0.05, 0) is 103 Å². The summed E-state index contributed by atoms with van der Waals surface area (Å²) >= 11 is 0. The number of esters is 3. The predicted octanol–water partition coefficient (Wildman–Crippen LogP) is 19.9. The molecular weight excluding hydrogens is 865 g/mol. The van der Waals surface area contributed by atoms with Crippen molar-refractivity contribution >= 4 is 17.9 Å². The first-order chi connectivity index (χ1) is 34.5. The van der Waals surface area contributed by atoms with E-state index in [1.165, 1.54) is 148 Å². The summed E-state index contributed by atoms with van der Waals surface area (Å²) in [5.74, 6) is -0.961. The monoisotopic (exact) mass is 975 g/mol. The first-order valence-corrected chi connectivity index (χ1v) is 29.6. The maximum Gasteiger partial charge on any atom is 0.306 e. The third kappa shape index (κ3) is 55.5. The first-order valence-electron chi connectivity index (χ1n) is 29.6. The molecule has 0 rings (SSSR count). The Hall–Kier alpha value is -3.41. The van der Waals surface area contributed by atoms with Crippen LogP contribution in [0.2, 0.25) is 0 Å². The van der Waals surface area contributed by atoms with Gasteiger partial charge in [-0.1, -0.05) is 247 Å². The summed E-state index contributed by atoms with van der Waals surface area (Å²) in [6.45, 7) is 6.55. The van der Waals surface area contributed by atoms with E-state index in [0.29, 0.717) is 19.3 Å². The van der Waals surface area contributed by atoms with Gasteiger partial charge in [0.05, 0.1) is 0 Å². The molecule has 1 atom stereocenters. The number of unbranched alkanes of at least 4 members (excludes halogenated alkanes) is 28. The second-order valence-electron chi connectivity index (χ2n) is 19.6. The van der Waals surface area contributed by atoms with Crippen LogP contribution in [0, 0.1) is 0 Å². The van der Waals surface area contributed by atoms with Crippen LogP contribution in [0.15, 0.2) is 85.1 Å². The van der Waals surface area contributed by atoms with Gasteiger partial charge < -0.3 is 14.2 Å². The molecule has 70 heavy (non-hydrogen) atoms. The van der Waals surface area contributed by atoms with Gasteiger partial charge in [0, 0.05) is 19.3 Å². The molecule has 0 saturated heterocycles. The Bertz CT molecular complexity index is 1350. The minimum absolute atomic E-state index is 0.103. The van der Waals surface area contributed by atoms with E-state index < -0.39 is 6.10 Å². The zero-order valence-corrected chi connectivity index (χ0v) is 46.0. The lowest BCUT2D eigenvalue weighted by atomic mass is 10.0. The summed E-state index contributed by atoms with van der Waals surface area (Å²) in [4.78, 5) is 38.2. The highest BCUT2D eigenvalue weighted by molar-refractivity contribution is 5.71. The van der Waals surface area contributed by atoms with E-state index >= 15 is 0 Å². The van der Waals surface area contributed by atoms with Crippen LogP contribution in [0.3, 0.4) is 0 Å². The topological polar surface area (TPSA) is 78.9 Å². The Labute approximate surface area is 433 Å². The number of rotatable bonds is 53. The van der Waals surface area contributed by atoms with Crippen molar-refractivity contribution in [2.75, 3.05) is 13.2 Å². The van der Waals surface area contributed by atoms with Crippen LogP contribution in [-0.4, -0.2) is 37.2 Å². The largest absolute Gasteiger partial charge is 0.462 e. The number of hydrogen-bond donors (Lipinski definition) is 0. The lowest BCUT2D eigenvalue weighted by molar-refractivity contribution is -0.167. The smallest absolute Gasteiger partial charge is 0.306 e. The molecule has 0 aliphatic rings. The normalized spacial score (nSPS) is 12.7. The molecule has 0 spiro atoms. The summed E-state index contributed by atoms with van der Waals surface area (Å²) in [7, 11) is 0. The molecule has 402 valence electrons. The van der Waals surface area contributed by atoms with Crippen molar-refractivity contribution in [3.63, 3.8) is 0 Å². The first kappa shape index (κ1) is 66.6. The quantitative estimate of drug-likeness (QED) is 0.0261. The fourth-order valence-corrected chi connectivity index (χ4v) is 8.14. The highest BCUT2D eigenvalue weighted by Crippen LogP contribution is 2.16. The van der Waals surface area contributed by atoms with Crippen LogP contribution in [0.1, 0.15) is 284 Å². The summed E-state index contributed by atoms with van der Waals surface area (Å²) < 4.78 is 16.8. The average molecular weight is 976 g/mol. The van der Waals surface area contributed by atoms with E-state index in [9.17, 15) is 14.4 Å². The second kappa shape index (κ2) is 58.2. The number of ether oxygens (including phenoxy) is 3. The maximum atomic E-state index is 12.9. The van der Waals surface area contributed by atoms with Crippen LogP contribution in [0.25, 0.3) is 0 Å². The summed E-state index contributed by atoms with van der Waals surface area (Å²) in [5.41, 5.74) is 0. The van der Waals surface area contributed by atoms with Crippen molar-refractivity contribution in [2.24, 2.45) is 0 Å². The van der Waals surface area contributed by atoms with Gasteiger partial charge in [0.1, 0.15) is 13.2 Å². The molecule has 0 fully saturated rings. The molecule has 0 aromatic carbocycles. The molecular formula is C64H110O6. The van der Waals surface area contributed by atoms with E-state index in [-0.39, 0.29) is 31.1 Å². The Balaban J connectivity index is 4.47. The Morgan fingerprint density at radius 2 is 0.514 bits per heavy atom. The zero-order chi connectivity index (χ0) is 50.7. The Morgan fingerprint density at radius 3 is 0.857 bits per heavy atom. The maximum absolute atomic E-state index is 12.9. The summed E-state index contributed by atoms with van der Waals surface area (Å²) in [6.07, 6.45) is 75.7. The van der Waals surface area contributed by atoms with Gasteiger partial charge in [-0.3, -0.25) is 14.4 Å². The standard InChI is InChI=1S/C64H110O6/c1-4-7-10-13-16-19-22-25-28-30-32-34-36-39-42-45-48-51-54-57-63(66)69-60-61(59-68-62(65)56-53-50-47-44-41-38-35-27-24-21-18-15-12-9-6-3)70-64(67)58-55-52-49-46-43-40-37-33-31-29-26-23-20-17-14-11-8-5-2/h16,18-19,21,25,27-28,32,34-35,39,41-42,44,61H,4-15,17,20,22-24,26,29-31,33,36-38,40,43,45-60H2,1-3H3/b19-16-,21-18-,28-25-,34-32-,35-27-,42-39-,44-41-/t61-/m1/s1. The van der Waals surface area contributed by atoms with Crippen LogP contribution in [0.5, 0.6) is 0 Å². The van der Waals surface area contributed by atoms with Gasteiger partial charge in [-0.25, -0.2) is 0 Å². The fraction of sp³-hybridized carbons (Fsp3) is 0.734. The zero-order valence-electron chi connectivity index (χ0n) is 46.0. The lowest BCUT2D eigenvalue weighted by Gasteiger charge is -2.18. The van der Waals surface area contributed by atoms with E-state index in [4.69, 9.17) is 14.2 Å². The van der Waals surface area contributed by atoms with Gasteiger partial charge in [0.25, 0.3) is 0 Å². The lowest BCUT2D eigenvalue weighted by Crippen LogP contribution is -2.30. The number of carbonyl (C=O) groups is 3. The number of allylic oxidation sites excluding steroid dienone is 14. The van der Waals surface area contributed by atoms with Crippen molar-refractivity contribution in [3.05, 3.63) is 85.1 Å². The average Bonchev–Trinajstić information content (AvgIpc) is 3.36.